The van der Waals surface area contributed by atoms with Crippen LogP contribution in [0.2, 0.25) is 0 Å². The minimum absolute atomic E-state index is 0.148. The maximum Gasteiger partial charge on any atom is 0.284 e. The Morgan fingerprint density at radius 2 is 1.97 bits per heavy atom. The van der Waals surface area contributed by atoms with Gasteiger partial charge in [0.15, 0.2) is 0 Å². The van der Waals surface area contributed by atoms with Crippen LogP contribution in [0.25, 0.3) is 10.4 Å². The summed E-state index contributed by atoms with van der Waals surface area (Å²) in [5.41, 5.74) is 3.26. The quantitative estimate of drug-likeness (QED) is 0.526. The van der Waals surface area contributed by atoms with Gasteiger partial charge in [-0.05, 0) is 24.3 Å². The molecule has 4 aromatic rings. The van der Waals surface area contributed by atoms with Gasteiger partial charge in [-0.1, -0.05) is 24.3 Å². The van der Waals surface area contributed by atoms with Crippen molar-refractivity contribution in [2.45, 2.75) is 12.5 Å². The SMILES string of the molecule is Cn1cc(-c2ccc(C(=O)N3N=C(c4cccnc4)CC3c3ccccc3O)s2)cn1. The fourth-order valence-corrected chi connectivity index (χ4v) is 4.60. The third-order valence-corrected chi connectivity index (χ3v) is 6.34. The van der Waals surface area contributed by atoms with Gasteiger partial charge in [-0.25, -0.2) is 5.01 Å². The number of thiophene rings is 1. The van der Waals surface area contributed by atoms with E-state index in [1.807, 2.05) is 49.6 Å². The maximum atomic E-state index is 13.5. The van der Waals surface area contributed by atoms with E-state index < -0.39 is 6.04 Å². The van der Waals surface area contributed by atoms with Gasteiger partial charge in [0.2, 0.25) is 0 Å². The van der Waals surface area contributed by atoms with Gasteiger partial charge >= 0.3 is 0 Å². The molecular weight excluding hydrogens is 410 g/mol. The predicted octanol–water partition coefficient (Wildman–Crippen LogP) is 4.24. The van der Waals surface area contributed by atoms with Gasteiger partial charge < -0.3 is 5.11 Å². The van der Waals surface area contributed by atoms with Gasteiger partial charge in [-0.2, -0.15) is 10.2 Å². The van der Waals surface area contributed by atoms with Crippen LogP contribution in [0.15, 0.2) is 78.4 Å². The van der Waals surface area contributed by atoms with Crippen molar-refractivity contribution in [3.8, 4) is 16.2 Å². The zero-order valence-electron chi connectivity index (χ0n) is 16.7. The van der Waals surface area contributed by atoms with Crippen LogP contribution in [0.1, 0.15) is 33.3 Å². The molecule has 7 nitrogen and oxygen atoms in total. The summed E-state index contributed by atoms with van der Waals surface area (Å²) in [6.07, 6.45) is 7.63. The van der Waals surface area contributed by atoms with Crippen molar-refractivity contribution in [1.82, 2.24) is 19.8 Å². The maximum absolute atomic E-state index is 13.5. The third-order valence-electron chi connectivity index (χ3n) is 5.22. The van der Waals surface area contributed by atoms with Crippen molar-refractivity contribution in [3.63, 3.8) is 0 Å². The Hall–Kier alpha value is -3.78. The van der Waals surface area contributed by atoms with Gasteiger partial charge in [0.1, 0.15) is 5.75 Å². The molecular formula is C23H19N5O2S. The molecule has 5 rings (SSSR count). The van der Waals surface area contributed by atoms with Crippen LogP contribution in [0.4, 0.5) is 0 Å². The monoisotopic (exact) mass is 429 g/mol. The molecule has 1 atom stereocenters. The van der Waals surface area contributed by atoms with Crippen molar-refractivity contribution < 1.29 is 9.90 Å². The van der Waals surface area contributed by atoms with Crippen molar-refractivity contribution in [2.75, 3.05) is 0 Å². The number of aryl methyl sites for hydroxylation is 1. The van der Waals surface area contributed by atoms with E-state index in [0.717, 1.165) is 21.7 Å². The molecule has 0 saturated carbocycles. The van der Waals surface area contributed by atoms with Crippen LogP contribution >= 0.6 is 11.3 Å². The Balaban J connectivity index is 1.52. The Kier molecular flexibility index (Phi) is 4.83. The summed E-state index contributed by atoms with van der Waals surface area (Å²) < 4.78 is 1.73. The zero-order valence-corrected chi connectivity index (χ0v) is 17.5. The second-order valence-corrected chi connectivity index (χ2v) is 8.37. The van der Waals surface area contributed by atoms with E-state index >= 15 is 0 Å². The lowest BCUT2D eigenvalue weighted by Gasteiger charge is -2.22. The summed E-state index contributed by atoms with van der Waals surface area (Å²) >= 11 is 1.40. The fraction of sp³-hybridized carbons (Fsp3) is 0.130. The number of hydrazone groups is 1. The number of benzene rings is 1. The molecule has 0 fully saturated rings. The van der Waals surface area contributed by atoms with Crippen LogP contribution < -0.4 is 0 Å². The number of rotatable bonds is 4. The largest absolute Gasteiger partial charge is 0.508 e. The number of hydrogen-bond donors (Lipinski definition) is 1. The first-order valence-corrected chi connectivity index (χ1v) is 10.6. The molecule has 1 aliphatic rings. The summed E-state index contributed by atoms with van der Waals surface area (Å²) in [5.74, 6) is -0.0533. The molecule has 0 spiro atoms. The molecule has 31 heavy (non-hydrogen) atoms. The number of aromatic hydroxyl groups is 1. The Morgan fingerprint density at radius 3 is 2.71 bits per heavy atom. The first kappa shape index (κ1) is 19.2. The van der Waals surface area contributed by atoms with Crippen molar-refractivity contribution >= 4 is 23.0 Å². The molecule has 1 aromatic carbocycles. The molecule has 3 aromatic heterocycles. The fourth-order valence-electron chi connectivity index (χ4n) is 3.69. The highest BCUT2D eigenvalue weighted by molar-refractivity contribution is 7.17. The van der Waals surface area contributed by atoms with Gasteiger partial charge in [0.25, 0.3) is 5.91 Å². The lowest BCUT2D eigenvalue weighted by Crippen LogP contribution is -2.26. The van der Waals surface area contributed by atoms with E-state index in [1.165, 1.54) is 16.3 Å². The second-order valence-electron chi connectivity index (χ2n) is 7.28. The van der Waals surface area contributed by atoms with Gasteiger partial charge in [-0.3, -0.25) is 14.5 Å². The molecule has 0 aliphatic carbocycles. The van der Waals surface area contributed by atoms with Crippen LogP contribution in [0.5, 0.6) is 5.75 Å². The summed E-state index contributed by atoms with van der Waals surface area (Å²) in [5, 5.41) is 20.8. The molecule has 1 aliphatic heterocycles. The number of amides is 1. The normalized spacial score (nSPS) is 15.8. The van der Waals surface area contributed by atoms with E-state index in [4.69, 9.17) is 0 Å². The van der Waals surface area contributed by atoms with Gasteiger partial charge in [-0.15, -0.1) is 11.3 Å². The highest BCUT2D eigenvalue weighted by atomic mass is 32.1. The standard InChI is InChI=1S/C23H19N5O2S/c1-27-14-16(13-25-27)21-8-9-22(31-21)23(30)28-19(17-6-2-3-7-20(17)29)11-18(26-28)15-5-4-10-24-12-15/h2-10,12-14,19,29H,11H2,1H3. The Labute approximate surface area is 182 Å². The van der Waals surface area contributed by atoms with Crippen molar-refractivity contribution in [1.29, 1.82) is 0 Å². The number of hydrogen-bond acceptors (Lipinski definition) is 6. The first-order valence-electron chi connectivity index (χ1n) is 9.78. The minimum atomic E-state index is -0.396. The summed E-state index contributed by atoms with van der Waals surface area (Å²) in [6, 6.07) is 14.2. The molecule has 1 N–H and O–H groups in total. The number of pyridine rings is 1. The summed E-state index contributed by atoms with van der Waals surface area (Å²) in [4.78, 5) is 19.2. The lowest BCUT2D eigenvalue weighted by molar-refractivity contribution is 0.0714. The van der Waals surface area contributed by atoms with Crippen LogP contribution in [-0.4, -0.2) is 36.5 Å². The lowest BCUT2D eigenvalue weighted by atomic mass is 9.98. The highest BCUT2D eigenvalue weighted by Crippen LogP contribution is 2.39. The van der Waals surface area contributed by atoms with E-state index in [9.17, 15) is 9.90 Å². The van der Waals surface area contributed by atoms with Gasteiger partial charge in [0.05, 0.1) is 22.8 Å². The van der Waals surface area contributed by atoms with Crippen molar-refractivity contribution in [2.24, 2.45) is 12.1 Å². The molecule has 0 radical (unpaired) electrons. The molecule has 4 heterocycles. The zero-order chi connectivity index (χ0) is 21.4. The number of phenols is 1. The van der Waals surface area contributed by atoms with Crippen LogP contribution in [0.3, 0.4) is 0 Å². The summed E-state index contributed by atoms with van der Waals surface area (Å²) in [7, 11) is 1.86. The number of nitrogens with zero attached hydrogens (tertiary/aromatic N) is 5. The van der Waals surface area contributed by atoms with Gasteiger partial charge in [0, 0.05) is 53.6 Å². The average molecular weight is 430 g/mol. The van der Waals surface area contributed by atoms with Crippen LogP contribution in [-0.2, 0) is 7.05 Å². The molecule has 1 unspecified atom stereocenters. The smallest absolute Gasteiger partial charge is 0.284 e. The number of carbonyl (C=O) groups is 1. The summed E-state index contributed by atoms with van der Waals surface area (Å²) in [6.45, 7) is 0. The predicted molar refractivity (Wildman–Crippen MR) is 119 cm³/mol. The molecule has 0 bridgehead atoms. The molecule has 8 heteroatoms. The Morgan fingerprint density at radius 1 is 1.10 bits per heavy atom. The highest BCUT2D eigenvalue weighted by Gasteiger charge is 2.35. The van der Waals surface area contributed by atoms with E-state index in [2.05, 4.69) is 15.2 Å². The average Bonchev–Trinajstić information content (AvgIpc) is 3.53. The van der Waals surface area contributed by atoms with E-state index in [-0.39, 0.29) is 11.7 Å². The van der Waals surface area contributed by atoms with Crippen molar-refractivity contribution in [3.05, 3.63) is 89.3 Å². The first-order chi connectivity index (χ1) is 15.1. The number of para-hydroxylation sites is 1. The number of phenolic OH excluding ortho intramolecular Hbond substituents is 1. The second kappa shape index (κ2) is 7.81. The third kappa shape index (κ3) is 3.62. The molecule has 1 amide bonds. The minimum Gasteiger partial charge on any atom is -0.508 e. The van der Waals surface area contributed by atoms with E-state index in [0.29, 0.717) is 16.9 Å². The Bertz CT molecular complexity index is 1280. The van der Waals surface area contributed by atoms with E-state index in [1.54, 1.807) is 35.4 Å². The number of aromatic nitrogens is 3. The molecule has 154 valence electrons. The molecule has 0 saturated heterocycles. The topological polar surface area (TPSA) is 83.6 Å². The van der Waals surface area contributed by atoms with Crippen LogP contribution in [0, 0.1) is 0 Å². The number of carbonyl (C=O) groups excluding carboxylic acids is 1.